The van der Waals surface area contributed by atoms with Crippen LogP contribution in [0.5, 0.6) is 0 Å². The van der Waals surface area contributed by atoms with Crippen molar-refractivity contribution in [1.82, 2.24) is 0 Å². The Hall–Kier alpha value is 1.85. The van der Waals surface area contributed by atoms with E-state index in [4.69, 9.17) is 4.74 Å². The van der Waals surface area contributed by atoms with Gasteiger partial charge in [-0.2, -0.15) is 0 Å². The maximum atomic E-state index is 11.9. The van der Waals surface area contributed by atoms with Crippen LogP contribution in [0.4, 0.5) is 0 Å². The summed E-state index contributed by atoms with van der Waals surface area (Å²) in [6.45, 7) is 5.19. The molecule has 0 N–H and O–H groups in total. The van der Waals surface area contributed by atoms with Gasteiger partial charge in [-0.1, -0.05) is 161 Å². The van der Waals surface area contributed by atoms with Crippen LogP contribution < -0.4 is 0 Å². The average molecular weight is 571 g/mol. The quantitative estimate of drug-likeness (QED) is 0.0371. The molecule has 0 saturated heterocycles. The van der Waals surface area contributed by atoms with Crippen molar-refractivity contribution in [3.63, 3.8) is 0 Å². The Bertz CT molecular complexity index is 456. The summed E-state index contributed by atoms with van der Waals surface area (Å²) in [5, 5.41) is 0. The summed E-state index contributed by atoms with van der Waals surface area (Å²) in [6, 6.07) is 0. The van der Waals surface area contributed by atoms with Crippen LogP contribution in [0.3, 0.4) is 0 Å². The molecule has 4 heteroatoms. The van der Waals surface area contributed by atoms with Crippen LogP contribution in [0.1, 0.15) is 194 Å². The zero-order valence-electron chi connectivity index (χ0n) is 25.0. The molecule has 0 unspecified atom stereocenters. The molecular weight excluding hydrogens is 502 g/mol. The number of unbranched alkanes of at least 4 members (excludes halogenated alkanes) is 24. The fourth-order valence-electron chi connectivity index (χ4n) is 4.89. The van der Waals surface area contributed by atoms with Gasteiger partial charge in [-0.05, 0) is 38.5 Å². The van der Waals surface area contributed by atoms with Crippen LogP contribution >= 0.6 is 0 Å². The van der Waals surface area contributed by atoms with Crippen molar-refractivity contribution in [2.24, 2.45) is 0 Å². The number of hydrogen-bond donors (Lipinski definition) is 0. The Labute approximate surface area is 305 Å². The molecule has 2 nitrogen and oxygen atoms in total. The fraction of sp³-hybridized carbons (Fsp3) is 0.912. The van der Waals surface area contributed by atoms with Gasteiger partial charge in [-0.25, -0.2) is 0 Å². The van der Waals surface area contributed by atoms with Gasteiger partial charge in [0.05, 0.1) is 6.61 Å². The summed E-state index contributed by atoms with van der Waals surface area (Å²) in [6.07, 6.45) is 41.2. The Kier molecular flexibility index (Phi) is 47.8. The Morgan fingerprint density at radius 3 is 1.18 bits per heavy atom. The van der Waals surface area contributed by atoms with Crippen LogP contribution in [0.2, 0.25) is 0 Å². The number of esters is 1. The van der Waals surface area contributed by atoms with Gasteiger partial charge in [0.15, 0.2) is 0 Å². The third kappa shape index (κ3) is 40.0. The second-order valence-corrected chi connectivity index (χ2v) is 11.2. The van der Waals surface area contributed by atoms with Crippen LogP contribution in [0, 0.1) is 0 Å². The van der Waals surface area contributed by atoms with Crippen molar-refractivity contribution in [3.05, 3.63) is 12.2 Å². The predicted molar refractivity (Wildman–Crippen MR) is 175 cm³/mol. The third-order valence-electron chi connectivity index (χ3n) is 7.40. The summed E-state index contributed by atoms with van der Waals surface area (Å²) >= 11 is 0. The molecule has 218 valence electrons. The Morgan fingerprint density at radius 1 is 0.474 bits per heavy atom. The minimum atomic E-state index is 0. The number of hydrogen-bond acceptors (Lipinski definition) is 2. The number of rotatable bonds is 30. The Balaban J connectivity index is -0.00000612. The van der Waals surface area contributed by atoms with Gasteiger partial charge < -0.3 is 4.74 Å². The Morgan fingerprint density at radius 2 is 0.789 bits per heavy atom. The molecule has 0 aromatic rings. The van der Waals surface area contributed by atoms with Crippen molar-refractivity contribution < 1.29 is 9.53 Å². The van der Waals surface area contributed by atoms with Gasteiger partial charge >= 0.3 is 86.9 Å². The predicted octanol–water partition coefficient (Wildman–Crippen LogP) is 10.8. The first-order valence-electron chi connectivity index (χ1n) is 16.6. The van der Waals surface area contributed by atoms with Crippen molar-refractivity contribution in [3.8, 4) is 0 Å². The number of carbonyl (C=O) groups is 1. The van der Waals surface area contributed by atoms with Gasteiger partial charge in [-0.3, -0.25) is 4.79 Å². The number of allylic oxidation sites excluding steroid dienone is 2. The van der Waals surface area contributed by atoms with Crippen LogP contribution in [0.25, 0.3) is 0 Å². The second-order valence-electron chi connectivity index (χ2n) is 11.2. The zero-order chi connectivity index (χ0) is 26.2. The van der Waals surface area contributed by atoms with E-state index in [2.05, 4.69) is 26.0 Å². The van der Waals surface area contributed by atoms with Gasteiger partial charge in [0.2, 0.25) is 0 Å². The number of ether oxygens (including phenoxy) is 1. The fourth-order valence-corrected chi connectivity index (χ4v) is 4.89. The molecule has 0 aliphatic carbocycles. The van der Waals surface area contributed by atoms with E-state index in [1.165, 1.54) is 154 Å². The van der Waals surface area contributed by atoms with E-state index in [-0.39, 0.29) is 86.9 Å². The maximum absolute atomic E-state index is 11.9. The van der Waals surface area contributed by atoms with Gasteiger partial charge in [0, 0.05) is 6.42 Å². The van der Waals surface area contributed by atoms with Crippen molar-refractivity contribution in [2.75, 3.05) is 6.61 Å². The van der Waals surface area contributed by atoms with Crippen molar-refractivity contribution in [1.29, 1.82) is 0 Å². The van der Waals surface area contributed by atoms with Crippen LogP contribution in [-0.4, -0.2) is 93.5 Å². The summed E-state index contributed by atoms with van der Waals surface area (Å²) in [4.78, 5) is 11.9. The molecule has 38 heavy (non-hydrogen) atoms. The molecule has 0 atom stereocenters. The molecule has 0 bridgehead atoms. The average Bonchev–Trinajstić information content (AvgIpc) is 2.88. The molecule has 0 aliphatic rings. The minimum absolute atomic E-state index is 0. The molecule has 0 amide bonds. The zero-order valence-corrected chi connectivity index (χ0v) is 25.0. The second kappa shape index (κ2) is 41.0. The molecule has 0 radical (unpaired) electrons. The summed E-state index contributed by atoms with van der Waals surface area (Å²) < 4.78 is 5.42. The molecule has 0 aromatic heterocycles. The third-order valence-corrected chi connectivity index (χ3v) is 7.40. The summed E-state index contributed by atoms with van der Waals surface area (Å²) in [5.74, 6) is 0.0160. The van der Waals surface area contributed by atoms with E-state index in [9.17, 15) is 4.79 Å². The molecule has 0 rings (SSSR count). The molecule has 0 aromatic carbocycles. The van der Waals surface area contributed by atoms with Crippen LogP contribution in [0.15, 0.2) is 12.2 Å². The van der Waals surface area contributed by atoms with Crippen molar-refractivity contribution in [2.45, 2.75) is 194 Å². The molecule has 0 saturated carbocycles. The molecule has 0 heterocycles. The monoisotopic (exact) mass is 570 g/mol. The van der Waals surface area contributed by atoms with Crippen LogP contribution in [-0.2, 0) is 9.53 Å². The van der Waals surface area contributed by atoms with E-state index in [0.29, 0.717) is 13.0 Å². The first-order chi connectivity index (χ1) is 17.8. The summed E-state index contributed by atoms with van der Waals surface area (Å²) in [5.41, 5.74) is 0. The van der Waals surface area contributed by atoms with Gasteiger partial charge in [0.1, 0.15) is 0 Å². The normalized spacial score (nSPS) is 10.9. The molecule has 0 spiro atoms. The molecule has 0 fully saturated rings. The topological polar surface area (TPSA) is 26.3 Å². The first-order valence-corrected chi connectivity index (χ1v) is 16.6. The number of carbonyl (C=O) groups excluding carboxylic acids is 1. The van der Waals surface area contributed by atoms with Gasteiger partial charge in [0.25, 0.3) is 0 Å². The first kappa shape index (κ1) is 44.3. The molecular formula is C34H68KNaO2. The SMILES string of the molecule is CCCCCCCC/C=C\CCCCCCCC(=O)OCCCCCCCCCCCCCCCC.[KH].[NaH]. The summed E-state index contributed by atoms with van der Waals surface area (Å²) in [7, 11) is 0. The van der Waals surface area contributed by atoms with E-state index >= 15 is 0 Å². The van der Waals surface area contributed by atoms with Gasteiger partial charge in [-0.15, -0.1) is 0 Å². The van der Waals surface area contributed by atoms with E-state index in [1.54, 1.807) is 0 Å². The molecule has 0 aliphatic heterocycles. The van der Waals surface area contributed by atoms with E-state index < -0.39 is 0 Å². The van der Waals surface area contributed by atoms with E-state index in [0.717, 1.165) is 19.3 Å². The standard InChI is InChI=1S/C34H66O2.K.Na.2H/c1-3-5-7-9-11-13-15-17-19-20-22-24-26-28-30-32-34(35)36-33-31-29-27-25-23-21-18-16-14-12-10-8-6-4-2;;;;/h17,19H,3-16,18,20-33H2,1-2H3;;;;/b19-17-;;;;. The van der Waals surface area contributed by atoms with E-state index in [1.807, 2.05) is 0 Å². The van der Waals surface area contributed by atoms with Crippen molar-refractivity contribution >= 4 is 86.9 Å².